The normalized spacial score (nSPS) is 12.7. The minimum Gasteiger partial charge on any atom is -0.463 e. The summed E-state index contributed by atoms with van der Waals surface area (Å²) >= 11 is 0. The van der Waals surface area contributed by atoms with Gasteiger partial charge in [-0.1, -0.05) is 241 Å². The lowest BCUT2D eigenvalue weighted by Gasteiger charge is -2.18. The van der Waals surface area contributed by atoms with E-state index in [1.54, 1.807) is 0 Å². The molecule has 0 spiro atoms. The molecule has 0 aromatic heterocycles. The molecule has 0 aromatic rings. The molecule has 1 atom stereocenters. The lowest BCUT2D eigenvalue weighted by atomic mass is 10.0. The van der Waals surface area contributed by atoms with Gasteiger partial charge in [-0.15, -0.1) is 0 Å². The Morgan fingerprint density at radius 1 is 0.344 bits per heavy atom. The van der Waals surface area contributed by atoms with Gasteiger partial charge >= 0.3 is 11.9 Å². The number of carbonyl (C=O) groups is 2. The summed E-state index contributed by atoms with van der Waals surface area (Å²) in [6.45, 7) is 7.56. The first-order valence-corrected chi connectivity index (χ1v) is 27.5. The molecule has 0 amide bonds. The van der Waals surface area contributed by atoms with Gasteiger partial charge < -0.3 is 14.2 Å². The van der Waals surface area contributed by atoms with Gasteiger partial charge in [-0.05, 0) is 83.5 Å². The van der Waals surface area contributed by atoms with Crippen LogP contribution in [-0.4, -0.2) is 37.9 Å². The summed E-state index contributed by atoms with van der Waals surface area (Å²) in [6, 6.07) is 0. The van der Waals surface area contributed by atoms with E-state index in [1.807, 2.05) is 0 Å². The summed E-state index contributed by atoms with van der Waals surface area (Å²) < 4.78 is 17.4. The van der Waals surface area contributed by atoms with Crippen molar-refractivity contribution in [1.29, 1.82) is 0 Å². The smallest absolute Gasteiger partial charge is 0.305 e. The Bertz CT molecular complexity index is 1150. The van der Waals surface area contributed by atoms with Crippen molar-refractivity contribution in [3.63, 3.8) is 0 Å². The molecule has 0 bridgehead atoms. The van der Waals surface area contributed by atoms with Crippen LogP contribution in [0, 0.1) is 0 Å². The second-order valence-electron chi connectivity index (χ2n) is 18.1. The summed E-state index contributed by atoms with van der Waals surface area (Å²) in [6.07, 6.45) is 70.9. The van der Waals surface area contributed by atoms with E-state index in [-0.39, 0.29) is 25.2 Å². The number of carbonyl (C=O) groups excluding carboxylic acids is 2. The van der Waals surface area contributed by atoms with Crippen molar-refractivity contribution in [3.05, 3.63) is 72.9 Å². The Balaban J connectivity index is 4.35. The van der Waals surface area contributed by atoms with E-state index < -0.39 is 6.10 Å². The third-order valence-corrected chi connectivity index (χ3v) is 11.8. The van der Waals surface area contributed by atoms with E-state index >= 15 is 0 Å². The lowest BCUT2D eigenvalue weighted by molar-refractivity contribution is -0.155. The molecule has 0 N–H and O–H groups in total. The molecule has 370 valence electrons. The van der Waals surface area contributed by atoms with Crippen LogP contribution in [-0.2, 0) is 23.8 Å². The predicted octanol–water partition coefficient (Wildman–Crippen LogP) is 18.7. The van der Waals surface area contributed by atoms with E-state index in [1.165, 1.54) is 148 Å². The zero-order chi connectivity index (χ0) is 46.3. The van der Waals surface area contributed by atoms with Crippen LogP contribution in [0.4, 0.5) is 0 Å². The largest absolute Gasteiger partial charge is 0.463 e. The van der Waals surface area contributed by atoms with Crippen LogP contribution in [0.3, 0.4) is 0 Å². The van der Waals surface area contributed by atoms with Gasteiger partial charge in [-0.25, -0.2) is 0 Å². The van der Waals surface area contributed by atoms with Gasteiger partial charge in [0.2, 0.25) is 0 Å². The van der Waals surface area contributed by atoms with Gasteiger partial charge in [0, 0.05) is 19.4 Å². The van der Waals surface area contributed by atoms with Crippen molar-refractivity contribution in [2.75, 3.05) is 19.8 Å². The van der Waals surface area contributed by atoms with Crippen LogP contribution in [0.15, 0.2) is 72.9 Å². The van der Waals surface area contributed by atoms with Crippen molar-refractivity contribution in [2.24, 2.45) is 0 Å². The summed E-state index contributed by atoms with van der Waals surface area (Å²) in [7, 11) is 0. The fourth-order valence-corrected chi connectivity index (χ4v) is 7.63. The average Bonchev–Trinajstić information content (AvgIpc) is 3.30. The number of allylic oxidation sites excluding steroid dienone is 12. The fraction of sp³-hybridized carbons (Fsp3) is 0.763. The van der Waals surface area contributed by atoms with E-state index in [0.717, 1.165) is 83.5 Å². The summed E-state index contributed by atoms with van der Waals surface area (Å²) in [5.41, 5.74) is 0. The first-order chi connectivity index (χ1) is 31.6. The maximum Gasteiger partial charge on any atom is 0.305 e. The Hall–Kier alpha value is -2.66. The predicted molar refractivity (Wildman–Crippen MR) is 279 cm³/mol. The molecule has 64 heavy (non-hydrogen) atoms. The minimum absolute atomic E-state index is 0.125. The topological polar surface area (TPSA) is 61.8 Å². The fourth-order valence-electron chi connectivity index (χ4n) is 7.63. The lowest BCUT2D eigenvalue weighted by Crippen LogP contribution is -2.29. The highest BCUT2D eigenvalue weighted by molar-refractivity contribution is 5.69. The van der Waals surface area contributed by atoms with Gasteiger partial charge in [0.15, 0.2) is 0 Å². The molecule has 0 heterocycles. The van der Waals surface area contributed by atoms with Crippen molar-refractivity contribution < 1.29 is 23.8 Å². The van der Waals surface area contributed by atoms with Crippen molar-refractivity contribution in [1.82, 2.24) is 0 Å². The second kappa shape index (κ2) is 54.7. The Kier molecular flexibility index (Phi) is 52.4. The van der Waals surface area contributed by atoms with Crippen LogP contribution in [0.25, 0.3) is 0 Å². The van der Waals surface area contributed by atoms with Gasteiger partial charge in [-0.3, -0.25) is 9.59 Å². The SMILES string of the molecule is CC/C=C\C/C=C\C/C=C\CCCCCCCC(=O)OC[C@H](COC(=O)CCC/C=C\C/C=C\C/C=C\CCCCCCCC)OCCCCCCCCCCCCCCCCCC. The van der Waals surface area contributed by atoms with Gasteiger partial charge in [0.05, 0.1) is 0 Å². The van der Waals surface area contributed by atoms with E-state index in [9.17, 15) is 9.59 Å². The van der Waals surface area contributed by atoms with Crippen LogP contribution < -0.4 is 0 Å². The molecule has 0 aliphatic heterocycles. The van der Waals surface area contributed by atoms with Crippen LogP contribution in [0.2, 0.25) is 0 Å². The van der Waals surface area contributed by atoms with Crippen LogP contribution in [0.5, 0.6) is 0 Å². The first kappa shape index (κ1) is 61.3. The molecule has 0 saturated heterocycles. The molecule has 5 nitrogen and oxygen atoms in total. The number of hydrogen-bond donors (Lipinski definition) is 0. The van der Waals surface area contributed by atoms with Crippen molar-refractivity contribution >= 4 is 11.9 Å². The second-order valence-corrected chi connectivity index (χ2v) is 18.1. The van der Waals surface area contributed by atoms with E-state index in [4.69, 9.17) is 14.2 Å². The van der Waals surface area contributed by atoms with E-state index in [2.05, 4.69) is 93.7 Å². The Morgan fingerprint density at radius 2 is 0.656 bits per heavy atom. The molecule has 0 unspecified atom stereocenters. The molecule has 0 fully saturated rings. The number of esters is 2. The van der Waals surface area contributed by atoms with Crippen molar-refractivity contribution in [3.8, 4) is 0 Å². The zero-order valence-corrected chi connectivity index (χ0v) is 42.5. The molecule has 0 aromatic carbocycles. The molecule has 0 saturated carbocycles. The highest BCUT2D eigenvalue weighted by Crippen LogP contribution is 2.15. The number of unbranched alkanes of at least 4 members (excludes halogenated alkanes) is 27. The summed E-state index contributed by atoms with van der Waals surface area (Å²) in [4.78, 5) is 25.2. The summed E-state index contributed by atoms with van der Waals surface area (Å²) in [5, 5.41) is 0. The highest BCUT2D eigenvalue weighted by Gasteiger charge is 2.16. The standard InChI is InChI=1S/C59H104O5/c1-4-7-10-13-16-19-22-25-28-30-32-35-38-41-44-47-50-53-59(61)64-56-57(62-54-51-48-45-42-39-36-33-29-26-23-20-17-14-11-8-5-2)55-63-58(60)52-49-46-43-40-37-34-31-27-24-21-18-15-12-9-6-3/h9,12,18,21,25,27-28,31-32,35,41,44,57H,4-8,10-11,13-17,19-20,22-24,26,29-30,33-34,36-40,42-43,45-56H2,1-3H3/b12-9-,21-18-,28-25-,31-27-,35-32-,44-41-/t57-/m1/s1. The molecule has 0 radical (unpaired) electrons. The number of ether oxygens (including phenoxy) is 3. The van der Waals surface area contributed by atoms with Crippen molar-refractivity contribution in [2.45, 2.75) is 271 Å². The third-order valence-electron chi connectivity index (χ3n) is 11.8. The number of hydrogen-bond acceptors (Lipinski definition) is 5. The first-order valence-electron chi connectivity index (χ1n) is 27.5. The molecule has 0 aliphatic rings. The Morgan fingerprint density at radius 3 is 1.06 bits per heavy atom. The molecule has 5 heteroatoms. The molecule has 0 rings (SSSR count). The van der Waals surface area contributed by atoms with E-state index in [0.29, 0.717) is 19.4 Å². The zero-order valence-electron chi connectivity index (χ0n) is 42.5. The average molecular weight is 893 g/mol. The third kappa shape index (κ3) is 52.0. The summed E-state index contributed by atoms with van der Waals surface area (Å²) in [5.74, 6) is -0.406. The quantitative estimate of drug-likeness (QED) is 0.0346. The highest BCUT2D eigenvalue weighted by atomic mass is 16.6. The Labute approximate surface area is 397 Å². The maximum atomic E-state index is 12.6. The minimum atomic E-state index is -0.428. The molecular formula is C59H104O5. The van der Waals surface area contributed by atoms with Crippen LogP contribution in [0.1, 0.15) is 265 Å². The maximum absolute atomic E-state index is 12.6. The number of rotatable bonds is 50. The molecule has 0 aliphatic carbocycles. The van der Waals surface area contributed by atoms with Gasteiger partial charge in [0.1, 0.15) is 19.3 Å². The molecular weight excluding hydrogens is 789 g/mol. The monoisotopic (exact) mass is 893 g/mol. The van der Waals surface area contributed by atoms with Gasteiger partial charge in [-0.2, -0.15) is 0 Å². The van der Waals surface area contributed by atoms with Crippen LogP contribution >= 0.6 is 0 Å². The van der Waals surface area contributed by atoms with Gasteiger partial charge in [0.25, 0.3) is 0 Å².